The molecule has 2 aromatic carbocycles. The van der Waals surface area contributed by atoms with Crippen molar-refractivity contribution >= 4 is 11.8 Å². The molecule has 0 saturated heterocycles. The van der Waals surface area contributed by atoms with E-state index in [-0.39, 0.29) is 12.6 Å². The first-order valence-electron chi connectivity index (χ1n) is 8.27. The molecule has 0 saturated carbocycles. The van der Waals surface area contributed by atoms with Crippen LogP contribution in [0, 0.1) is 0 Å². The van der Waals surface area contributed by atoms with Crippen molar-refractivity contribution in [1.82, 2.24) is 10.2 Å². The molecule has 5 nitrogen and oxygen atoms in total. The molecule has 0 aromatic heterocycles. The van der Waals surface area contributed by atoms with Crippen molar-refractivity contribution in [3.05, 3.63) is 65.7 Å². The summed E-state index contributed by atoms with van der Waals surface area (Å²) in [6.07, 6.45) is 0. The zero-order valence-corrected chi connectivity index (χ0v) is 14.9. The van der Waals surface area contributed by atoms with Gasteiger partial charge in [-0.15, -0.1) is 0 Å². The van der Waals surface area contributed by atoms with Crippen LogP contribution in [0.4, 0.5) is 0 Å². The Balaban J connectivity index is 2.02. The third-order valence-electron chi connectivity index (χ3n) is 3.91. The molecule has 0 radical (unpaired) electrons. The summed E-state index contributed by atoms with van der Waals surface area (Å²) in [6, 6.07) is 16.9. The van der Waals surface area contributed by atoms with Gasteiger partial charge in [0.25, 0.3) is 0 Å². The van der Waals surface area contributed by atoms with Crippen LogP contribution in [0.2, 0.25) is 0 Å². The second-order valence-electron chi connectivity index (χ2n) is 6.01. The van der Waals surface area contributed by atoms with E-state index < -0.39 is 11.8 Å². The van der Waals surface area contributed by atoms with E-state index in [9.17, 15) is 9.59 Å². The second-order valence-corrected chi connectivity index (χ2v) is 6.01. The maximum absolute atomic E-state index is 12.5. The Morgan fingerprint density at radius 3 is 2.32 bits per heavy atom. The van der Waals surface area contributed by atoms with Gasteiger partial charge in [0.05, 0.1) is 7.11 Å². The summed E-state index contributed by atoms with van der Waals surface area (Å²) in [5.41, 5.74) is 1.81. The molecule has 132 valence electrons. The van der Waals surface area contributed by atoms with E-state index in [2.05, 4.69) is 5.32 Å². The molecule has 0 heterocycles. The Hall–Kier alpha value is -2.82. The molecule has 1 N–H and O–H groups in total. The minimum atomic E-state index is -0.615. The predicted octanol–water partition coefficient (Wildman–Crippen LogP) is 2.75. The number of methoxy groups -OCH3 is 1. The van der Waals surface area contributed by atoms with Crippen LogP contribution in [-0.4, -0.2) is 29.9 Å². The number of rotatable bonds is 6. The van der Waals surface area contributed by atoms with E-state index in [4.69, 9.17) is 4.74 Å². The third kappa shape index (κ3) is 5.08. The molecule has 2 amide bonds. The Morgan fingerprint density at radius 2 is 1.68 bits per heavy atom. The summed E-state index contributed by atoms with van der Waals surface area (Å²) in [6.45, 7) is 4.44. The normalized spacial score (nSPS) is 10.4. The van der Waals surface area contributed by atoms with E-state index in [1.54, 1.807) is 12.0 Å². The lowest BCUT2D eigenvalue weighted by Crippen LogP contribution is -2.45. The van der Waals surface area contributed by atoms with Crippen LogP contribution in [-0.2, 0) is 22.7 Å². The lowest BCUT2D eigenvalue weighted by molar-refractivity contribution is -0.147. The molecule has 0 aliphatic heterocycles. The van der Waals surface area contributed by atoms with Crippen molar-refractivity contribution < 1.29 is 14.3 Å². The van der Waals surface area contributed by atoms with Crippen LogP contribution in [0.25, 0.3) is 0 Å². The minimum Gasteiger partial charge on any atom is -0.496 e. The number of nitrogens with one attached hydrogen (secondary N) is 1. The molecule has 0 unspecified atom stereocenters. The van der Waals surface area contributed by atoms with Crippen molar-refractivity contribution in [2.75, 3.05) is 7.11 Å². The summed E-state index contributed by atoms with van der Waals surface area (Å²) < 4.78 is 5.26. The Kier molecular flexibility index (Phi) is 6.57. The van der Waals surface area contributed by atoms with Gasteiger partial charge >= 0.3 is 11.8 Å². The van der Waals surface area contributed by atoms with Gasteiger partial charge in [-0.3, -0.25) is 9.59 Å². The van der Waals surface area contributed by atoms with Crippen LogP contribution in [0.3, 0.4) is 0 Å². The van der Waals surface area contributed by atoms with Crippen molar-refractivity contribution in [2.45, 2.75) is 33.0 Å². The molecular formula is C20H24N2O3. The predicted molar refractivity (Wildman–Crippen MR) is 97.0 cm³/mol. The van der Waals surface area contributed by atoms with Crippen molar-refractivity contribution in [1.29, 1.82) is 0 Å². The number of carbonyl (C=O) groups is 2. The van der Waals surface area contributed by atoms with Gasteiger partial charge in [0.1, 0.15) is 5.75 Å². The molecule has 0 spiro atoms. The topological polar surface area (TPSA) is 58.6 Å². The molecule has 2 aromatic rings. The highest BCUT2D eigenvalue weighted by atomic mass is 16.5. The highest BCUT2D eigenvalue weighted by Crippen LogP contribution is 2.16. The van der Waals surface area contributed by atoms with Crippen LogP contribution in [0.15, 0.2) is 54.6 Å². The van der Waals surface area contributed by atoms with E-state index in [1.165, 1.54) is 0 Å². The minimum absolute atomic E-state index is 0.0790. The summed E-state index contributed by atoms with van der Waals surface area (Å²) in [5.74, 6) is -0.468. The maximum atomic E-state index is 12.5. The summed E-state index contributed by atoms with van der Waals surface area (Å²) in [4.78, 5) is 26.4. The van der Waals surface area contributed by atoms with Gasteiger partial charge in [-0.05, 0) is 25.5 Å². The zero-order valence-electron chi connectivity index (χ0n) is 14.9. The summed E-state index contributed by atoms with van der Waals surface area (Å²) in [7, 11) is 1.58. The first-order chi connectivity index (χ1) is 12.0. The number of hydrogen-bond donors (Lipinski definition) is 1. The van der Waals surface area contributed by atoms with Crippen LogP contribution in [0.5, 0.6) is 5.75 Å². The highest BCUT2D eigenvalue weighted by Gasteiger charge is 2.24. The van der Waals surface area contributed by atoms with Gasteiger partial charge < -0.3 is 15.0 Å². The molecule has 0 aliphatic carbocycles. The van der Waals surface area contributed by atoms with E-state index >= 15 is 0 Å². The first-order valence-corrected chi connectivity index (χ1v) is 8.27. The Bertz CT molecular complexity index is 714. The number of hydrogen-bond acceptors (Lipinski definition) is 3. The monoisotopic (exact) mass is 340 g/mol. The van der Waals surface area contributed by atoms with Gasteiger partial charge in [0.15, 0.2) is 0 Å². The SMILES string of the molecule is COc1ccccc1CNC(=O)C(=O)N(Cc1ccccc1)C(C)C. The van der Waals surface area contributed by atoms with Crippen molar-refractivity contribution in [2.24, 2.45) is 0 Å². The van der Waals surface area contributed by atoms with Crippen LogP contribution >= 0.6 is 0 Å². The number of carbonyl (C=O) groups excluding carboxylic acids is 2. The highest BCUT2D eigenvalue weighted by molar-refractivity contribution is 6.35. The number of amides is 2. The summed E-state index contributed by atoms with van der Waals surface area (Å²) in [5, 5.41) is 2.68. The molecule has 0 bridgehead atoms. The Labute approximate surface area is 148 Å². The largest absolute Gasteiger partial charge is 0.496 e. The standard InChI is InChI=1S/C20H24N2O3/c1-15(2)22(14-16-9-5-4-6-10-16)20(24)19(23)21-13-17-11-7-8-12-18(17)25-3/h4-12,15H,13-14H2,1-3H3,(H,21,23). The Morgan fingerprint density at radius 1 is 1.04 bits per heavy atom. The fraction of sp³-hybridized carbons (Fsp3) is 0.300. The maximum Gasteiger partial charge on any atom is 0.312 e. The van der Waals surface area contributed by atoms with Crippen LogP contribution in [0.1, 0.15) is 25.0 Å². The third-order valence-corrected chi connectivity index (χ3v) is 3.91. The van der Waals surface area contributed by atoms with E-state index in [0.29, 0.717) is 12.3 Å². The first kappa shape index (κ1) is 18.5. The molecule has 0 aliphatic rings. The van der Waals surface area contributed by atoms with Crippen molar-refractivity contribution in [3.8, 4) is 5.75 Å². The van der Waals surface area contributed by atoms with Crippen molar-refractivity contribution in [3.63, 3.8) is 0 Å². The number of nitrogens with zero attached hydrogens (tertiary/aromatic N) is 1. The lowest BCUT2D eigenvalue weighted by atomic mass is 10.2. The quantitative estimate of drug-likeness (QED) is 0.823. The van der Waals surface area contributed by atoms with Gasteiger partial charge in [0, 0.05) is 24.7 Å². The molecule has 5 heteroatoms. The average Bonchev–Trinajstić information content (AvgIpc) is 2.64. The molecular weight excluding hydrogens is 316 g/mol. The number of para-hydroxylation sites is 1. The van der Waals surface area contributed by atoms with Crippen LogP contribution < -0.4 is 10.1 Å². The van der Waals surface area contributed by atoms with E-state index in [0.717, 1.165) is 11.1 Å². The lowest BCUT2D eigenvalue weighted by Gasteiger charge is -2.26. The van der Waals surface area contributed by atoms with Gasteiger partial charge in [-0.1, -0.05) is 48.5 Å². The molecule has 0 fully saturated rings. The molecule has 2 rings (SSSR count). The van der Waals surface area contributed by atoms with E-state index in [1.807, 2.05) is 68.4 Å². The fourth-order valence-electron chi connectivity index (χ4n) is 2.50. The van der Waals surface area contributed by atoms with Gasteiger partial charge in [-0.25, -0.2) is 0 Å². The molecule has 25 heavy (non-hydrogen) atoms. The number of ether oxygens (including phenoxy) is 1. The smallest absolute Gasteiger partial charge is 0.312 e. The average molecular weight is 340 g/mol. The molecule has 0 atom stereocenters. The van der Waals surface area contributed by atoms with Gasteiger partial charge in [0.2, 0.25) is 0 Å². The fourth-order valence-corrected chi connectivity index (χ4v) is 2.50. The second kappa shape index (κ2) is 8.87. The zero-order chi connectivity index (χ0) is 18.2. The summed E-state index contributed by atoms with van der Waals surface area (Å²) >= 11 is 0. The van der Waals surface area contributed by atoms with Gasteiger partial charge in [-0.2, -0.15) is 0 Å². The number of benzene rings is 2.